The molecule has 5 amide bonds. The quantitative estimate of drug-likeness (QED) is 0.121. The highest BCUT2D eigenvalue weighted by atomic mass is 19.1. The van der Waals surface area contributed by atoms with E-state index in [1.54, 1.807) is 36.8 Å². The summed E-state index contributed by atoms with van der Waals surface area (Å²) in [5.41, 5.74) is 5.33. The van der Waals surface area contributed by atoms with Gasteiger partial charge in [0.2, 0.25) is 35.4 Å². The molecular weight excluding hydrogens is 964 g/mol. The second-order valence-corrected chi connectivity index (χ2v) is 22.9. The van der Waals surface area contributed by atoms with Crippen LogP contribution in [0.4, 0.5) is 21.6 Å². The second kappa shape index (κ2) is 20.7. The Morgan fingerprint density at radius 1 is 0.789 bits per heavy atom. The molecule has 2 saturated carbocycles. The molecule has 5 aliphatic heterocycles. The van der Waals surface area contributed by atoms with Crippen molar-refractivity contribution in [2.24, 2.45) is 11.8 Å². The largest absolute Gasteiger partial charge is 0.474 e. The molecule has 1 atom stereocenters. The summed E-state index contributed by atoms with van der Waals surface area (Å²) in [6.45, 7) is 8.58. The third-order valence-corrected chi connectivity index (χ3v) is 18.1. The number of piperidine rings is 4. The fraction of sp³-hybridized carbons (Fsp3) is 0.525. The van der Waals surface area contributed by atoms with Crippen molar-refractivity contribution < 1.29 is 33.1 Å². The molecule has 7 aliphatic rings. The molecule has 398 valence electrons. The van der Waals surface area contributed by atoms with Gasteiger partial charge in [-0.1, -0.05) is 36.8 Å². The van der Waals surface area contributed by atoms with Gasteiger partial charge in [-0.3, -0.25) is 29.3 Å². The van der Waals surface area contributed by atoms with Crippen molar-refractivity contribution in [2.75, 3.05) is 49.5 Å². The number of nitrogens with zero attached hydrogens (tertiary/aromatic N) is 8. The predicted molar refractivity (Wildman–Crippen MR) is 285 cm³/mol. The summed E-state index contributed by atoms with van der Waals surface area (Å²) >= 11 is 0. The lowest BCUT2D eigenvalue weighted by Crippen LogP contribution is -2.58. The Morgan fingerprint density at radius 3 is 2.17 bits per heavy atom. The molecule has 2 aromatic carbocycles. The van der Waals surface area contributed by atoms with Crippen molar-refractivity contribution in [2.45, 2.75) is 146 Å². The highest BCUT2D eigenvalue weighted by Crippen LogP contribution is 2.52. The first kappa shape index (κ1) is 50.1. The number of hydrogen-bond donors (Lipinski definition) is 2. The fourth-order valence-electron chi connectivity index (χ4n) is 13.6. The Labute approximate surface area is 443 Å². The van der Waals surface area contributed by atoms with E-state index in [4.69, 9.17) is 14.7 Å². The average Bonchev–Trinajstić information content (AvgIpc) is 4.00. The minimum atomic E-state index is -0.743. The van der Waals surface area contributed by atoms with E-state index in [0.29, 0.717) is 120 Å². The van der Waals surface area contributed by atoms with Gasteiger partial charge in [0.25, 0.3) is 0 Å². The number of ether oxygens (including phenoxy) is 1. The van der Waals surface area contributed by atoms with Crippen molar-refractivity contribution in [3.63, 3.8) is 0 Å². The van der Waals surface area contributed by atoms with Crippen LogP contribution in [0.5, 0.6) is 5.88 Å². The van der Waals surface area contributed by atoms with Gasteiger partial charge in [0.05, 0.1) is 34.6 Å². The number of aromatic nitrogens is 4. The maximum absolute atomic E-state index is 15.3. The van der Waals surface area contributed by atoms with Crippen molar-refractivity contribution in [3.8, 4) is 17.1 Å². The number of fused-ring (bicyclic) bond motifs is 3. The zero-order valence-corrected chi connectivity index (χ0v) is 43.7. The summed E-state index contributed by atoms with van der Waals surface area (Å²) in [4.78, 5) is 90.4. The molecule has 2 N–H and O–H groups in total. The molecule has 0 bridgehead atoms. The molecule has 0 radical (unpaired) electrons. The van der Waals surface area contributed by atoms with Gasteiger partial charge >= 0.3 is 0 Å². The number of halogens is 1. The minimum Gasteiger partial charge on any atom is -0.474 e. The van der Waals surface area contributed by atoms with E-state index in [0.717, 1.165) is 59.3 Å². The number of imide groups is 1. The van der Waals surface area contributed by atoms with Gasteiger partial charge in [0.1, 0.15) is 17.4 Å². The topological polar surface area (TPSA) is 175 Å². The lowest BCUT2D eigenvalue weighted by Gasteiger charge is -2.48. The van der Waals surface area contributed by atoms with Crippen LogP contribution in [-0.4, -0.2) is 121 Å². The van der Waals surface area contributed by atoms with E-state index in [2.05, 4.69) is 57.5 Å². The summed E-state index contributed by atoms with van der Waals surface area (Å²) < 4.78 is 23.3. The maximum atomic E-state index is 15.3. The van der Waals surface area contributed by atoms with Crippen LogP contribution in [0.3, 0.4) is 0 Å². The van der Waals surface area contributed by atoms with Gasteiger partial charge in [0, 0.05) is 98.9 Å². The first-order chi connectivity index (χ1) is 36.9. The molecule has 0 unspecified atom stereocenters. The smallest absolute Gasteiger partial charge is 0.238 e. The van der Waals surface area contributed by atoms with E-state index >= 15 is 9.18 Å². The van der Waals surface area contributed by atoms with Crippen LogP contribution in [0.2, 0.25) is 0 Å². The van der Waals surface area contributed by atoms with Gasteiger partial charge in [-0.05, 0) is 133 Å². The standard InChI is InChI=1S/C59H69FN10O6/c1-36(2)69-35-62-49-33-48(64-54(53(49)69)63-47-9-5-4-8-46(47)60)39-14-17-45-50(30-39)70(42-31-41(32-42)66-24-6-3-7-25-66)58(75)59(45)22-28-68(29-23-59)57(74)38-12-10-37(11-13-38)56(73)67-26-20-43(21-27-67)76-52-19-15-40(34-61-52)44-16-18-51(71)65-55(44)72/h4-5,8-9,14-15,17,19,30,33-38,41-44H,3,6-7,10-13,16,18,20-29,31-32H2,1-2H3,(H,63,64)(H,65,71,72)/t37?,38?,41?,42?,44-/m1/s1. The average molecular weight is 1030 g/mol. The molecule has 3 aromatic heterocycles. The zero-order valence-electron chi connectivity index (χ0n) is 43.7. The van der Waals surface area contributed by atoms with Crippen molar-refractivity contribution >= 4 is 57.8 Å². The van der Waals surface area contributed by atoms with Crippen LogP contribution in [0.25, 0.3) is 22.3 Å². The molecular formula is C59H69FN10O6. The number of imidazole rings is 1. The molecule has 17 heteroatoms. The van der Waals surface area contributed by atoms with Crippen molar-refractivity contribution in [1.82, 2.24) is 39.5 Å². The van der Waals surface area contributed by atoms with Crippen molar-refractivity contribution in [3.05, 3.63) is 90.1 Å². The summed E-state index contributed by atoms with van der Waals surface area (Å²) in [5, 5.41) is 5.68. The zero-order chi connectivity index (χ0) is 52.2. The highest BCUT2D eigenvalue weighted by molar-refractivity contribution is 6.09. The lowest BCUT2D eigenvalue weighted by atomic mass is 9.72. The number of hydrogen-bond acceptors (Lipinski definition) is 11. The highest BCUT2D eigenvalue weighted by Gasteiger charge is 2.56. The van der Waals surface area contributed by atoms with E-state index in [1.165, 1.54) is 25.3 Å². The normalized spacial score (nSPS) is 25.2. The van der Waals surface area contributed by atoms with Crippen LogP contribution >= 0.6 is 0 Å². The van der Waals surface area contributed by atoms with Crippen LogP contribution in [0.15, 0.2) is 73.2 Å². The number of benzene rings is 2. The van der Waals surface area contributed by atoms with E-state index < -0.39 is 11.3 Å². The minimum absolute atomic E-state index is 0.0795. The molecule has 8 heterocycles. The predicted octanol–water partition coefficient (Wildman–Crippen LogP) is 8.58. The lowest BCUT2D eigenvalue weighted by molar-refractivity contribution is -0.144. The Bertz CT molecular complexity index is 3030. The van der Waals surface area contributed by atoms with Crippen LogP contribution in [0.1, 0.15) is 133 Å². The number of carbonyl (C=O) groups excluding carboxylic acids is 5. The van der Waals surface area contributed by atoms with Gasteiger partial charge in [-0.2, -0.15) is 0 Å². The number of rotatable bonds is 11. The number of anilines is 3. The number of para-hydroxylation sites is 1. The molecule has 4 saturated heterocycles. The summed E-state index contributed by atoms with van der Waals surface area (Å²) in [6.07, 6.45) is 14.9. The third kappa shape index (κ3) is 9.39. The molecule has 2 aliphatic carbocycles. The number of carbonyl (C=O) groups is 5. The molecule has 5 aromatic rings. The molecule has 76 heavy (non-hydrogen) atoms. The van der Waals surface area contributed by atoms with E-state index in [9.17, 15) is 19.2 Å². The Kier molecular flexibility index (Phi) is 13.6. The van der Waals surface area contributed by atoms with Gasteiger partial charge in [0.15, 0.2) is 5.82 Å². The van der Waals surface area contributed by atoms with E-state index in [1.807, 2.05) is 26.5 Å². The van der Waals surface area contributed by atoms with Gasteiger partial charge in [-0.25, -0.2) is 19.3 Å². The number of nitrogens with one attached hydrogen (secondary N) is 2. The van der Waals surface area contributed by atoms with Crippen molar-refractivity contribution in [1.29, 1.82) is 0 Å². The molecule has 1 spiro atoms. The molecule has 16 nitrogen and oxygen atoms in total. The Hall–Kier alpha value is -6.75. The second-order valence-electron chi connectivity index (χ2n) is 22.9. The molecule has 6 fully saturated rings. The monoisotopic (exact) mass is 1030 g/mol. The first-order valence-corrected chi connectivity index (χ1v) is 28.1. The number of amides is 5. The maximum Gasteiger partial charge on any atom is 0.238 e. The van der Waals surface area contributed by atoms with Crippen LogP contribution in [-0.2, 0) is 29.4 Å². The summed E-state index contributed by atoms with van der Waals surface area (Å²) in [7, 11) is 0. The van der Waals surface area contributed by atoms with Crippen LogP contribution < -0.4 is 20.3 Å². The Balaban J connectivity index is 0.699. The fourth-order valence-corrected chi connectivity index (χ4v) is 13.6. The first-order valence-electron chi connectivity index (χ1n) is 28.1. The van der Waals surface area contributed by atoms with Crippen LogP contribution in [0, 0.1) is 17.7 Å². The van der Waals surface area contributed by atoms with E-state index in [-0.39, 0.29) is 65.4 Å². The SMILES string of the molecule is CC(C)n1cnc2cc(-c3ccc4c(c3)N(C3CC(N5CCCCC5)C3)C(=O)C43CCN(C(=O)C4CCC(C(=O)N5CCC(Oc6ccc([C@H]7CCC(=O)NC7=O)cn6)CC5)CC4)CC3)nc(Nc3ccccc3F)c21. The van der Waals surface area contributed by atoms with Gasteiger partial charge < -0.3 is 34.2 Å². The van der Waals surface area contributed by atoms with Gasteiger partial charge in [-0.15, -0.1) is 0 Å². The summed E-state index contributed by atoms with van der Waals surface area (Å²) in [5.74, 6) is -0.154. The third-order valence-electron chi connectivity index (χ3n) is 18.1. The number of likely N-dealkylation sites (tertiary alicyclic amines) is 3. The Morgan fingerprint density at radius 2 is 1.50 bits per heavy atom. The number of pyridine rings is 2. The molecule has 12 rings (SSSR count). The summed E-state index contributed by atoms with van der Waals surface area (Å²) in [6, 6.07) is 19.1.